The third kappa shape index (κ3) is 4.41. The molecule has 0 spiro atoms. The number of nitrogens with one attached hydrogen (secondary N) is 1. The Morgan fingerprint density at radius 2 is 1.93 bits per heavy atom. The van der Waals surface area contributed by atoms with Crippen LogP contribution in [0.2, 0.25) is 0 Å². The van der Waals surface area contributed by atoms with E-state index in [0.29, 0.717) is 32.2 Å². The van der Waals surface area contributed by atoms with Gasteiger partial charge in [-0.25, -0.2) is 4.39 Å². The Morgan fingerprint density at radius 3 is 2.75 bits per heavy atom. The van der Waals surface area contributed by atoms with Gasteiger partial charge >= 0.3 is 0 Å². The maximum absolute atomic E-state index is 13.3. The van der Waals surface area contributed by atoms with Crippen molar-refractivity contribution in [3.05, 3.63) is 71.9 Å². The van der Waals surface area contributed by atoms with Gasteiger partial charge in [0, 0.05) is 11.1 Å². The number of carbonyl (C=O) groups excluding carboxylic acids is 1. The molecule has 2 heterocycles. The average molecular weight is 413 g/mol. The zero-order valence-corrected chi connectivity index (χ0v) is 15.8. The summed E-state index contributed by atoms with van der Waals surface area (Å²) in [6.07, 6.45) is 0. The van der Waals surface area contributed by atoms with Crippen LogP contribution in [0.1, 0.15) is 16.2 Å². The number of aromatic nitrogens is 4. The van der Waals surface area contributed by atoms with Crippen molar-refractivity contribution in [3.63, 3.8) is 0 Å². The Bertz CT molecular complexity index is 1100. The molecule has 4 aromatic rings. The highest BCUT2D eigenvalue weighted by atomic mass is 32.2. The van der Waals surface area contributed by atoms with E-state index >= 15 is 0 Å². The van der Waals surface area contributed by atoms with Crippen LogP contribution in [0, 0.1) is 5.82 Å². The zero-order valence-electron chi connectivity index (χ0n) is 14.2. The van der Waals surface area contributed by atoms with E-state index in [2.05, 4.69) is 25.7 Å². The van der Waals surface area contributed by atoms with Crippen LogP contribution in [0.4, 0.5) is 9.52 Å². The predicted octanol–water partition coefficient (Wildman–Crippen LogP) is 4.27. The second kappa shape index (κ2) is 8.28. The van der Waals surface area contributed by atoms with Gasteiger partial charge in [0.1, 0.15) is 5.82 Å². The quantitative estimate of drug-likeness (QED) is 0.373. The highest BCUT2D eigenvalue weighted by molar-refractivity contribution is 8.00. The molecule has 0 saturated carbocycles. The predicted molar refractivity (Wildman–Crippen MR) is 104 cm³/mol. The smallest absolute Gasteiger partial charge is 0.257 e. The van der Waals surface area contributed by atoms with Crippen LogP contribution in [0.25, 0.3) is 11.5 Å². The van der Waals surface area contributed by atoms with Crippen molar-refractivity contribution in [2.45, 2.75) is 10.1 Å². The Kier molecular flexibility index (Phi) is 5.40. The Balaban J connectivity index is 1.35. The van der Waals surface area contributed by atoms with Crippen molar-refractivity contribution in [3.8, 4) is 11.5 Å². The van der Waals surface area contributed by atoms with Gasteiger partial charge in [-0.15, -0.1) is 20.4 Å². The molecule has 0 aliphatic rings. The van der Waals surface area contributed by atoms with Gasteiger partial charge in [-0.2, -0.15) is 0 Å². The number of rotatable bonds is 6. The fraction of sp³-hybridized carbons (Fsp3) is 0.0556. The van der Waals surface area contributed by atoms with E-state index in [0.717, 1.165) is 0 Å². The third-order valence-electron chi connectivity index (χ3n) is 3.52. The van der Waals surface area contributed by atoms with Crippen LogP contribution in [-0.2, 0) is 5.75 Å². The molecule has 7 nitrogen and oxygen atoms in total. The molecule has 1 N–H and O–H groups in total. The molecular formula is C18H12FN5O2S2. The van der Waals surface area contributed by atoms with E-state index in [-0.39, 0.29) is 17.6 Å². The Labute approximate surface area is 167 Å². The largest absolute Gasteiger partial charge is 0.420 e. The summed E-state index contributed by atoms with van der Waals surface area (Å²) in [5.41, 5.74) is 1.06. The fourth-order valence-electron chi connectivity index (χ4n) is 2.25. The maximum Gasteiger partial charge on any atom is 0.257 e. The topological polar surface area (TPSA) is 93.8 Å². The lowest BCUT2D eigenvalue weighted by molar-refractivity contribution is 0.102. The number of nitrogens with zero attached hydrogens (tertiary/aromatic N) is 4. The van der Waals surface area contributed by atoms with Gasteiger partial charge in [0.2, 0.25) is 16.9 Å². The van der Waals surface area contributed by atoms with E-state index in [1.807, 2.05) is 6.07 Å². The van der Waals surface area contributed by atoms with Gasteiger partial charge in [-0.1, -0.05) is 47.4 Å². The highest BCUT2D eigenvalue weighted by Gasteiger charge is 2.13. The van der Waals surface area contributed by atoms with Gasteiger partial charge in [0.05, 0.1) is 5.75 Å². The molecule has 140 valence electrons. The van der Waals surface area contributed by atoms with Crippen LogP contribution < -0.4 is 5.32 Å². The monoisotopic (exact) mass is 413 g/mol. The van der Waals surface area contributed by atoms with E-state index in [1.54, 1.807) is 36.4 Å². The zero-order chi connectivity index (χ0) is 19.3. The van der Waals surface area contributed by atoms with Crippen molar-refractivity contribution in [1.82, 2.24) is 20.4 Å². The second-order valence-corrected chi connectivity index (χ2v) is 7.69. The molecule has 10 heteroatoms. The standard InChI is InChI=1S/C18H12FN5O2S2/c19-13-8-4-7-12(9-13)16-22-21-14(26-16)10-27-18-24-23-17(28-18)20-15(25)11-5-2-1-3-6-11/h1-9H,10H2,(H,20,23,25). The van der Waals surface area contributed by atoms with Crippen LogP contribution in [0.15, 0.2) is 63.4 Å². The van der Waals surface area contributed by atoms with E-state index < -0.39 is 0 Å². The summed E-state index contributed by atoms with van der Waals surface area (Å²) in [6, 6.07) is 14.8. The molecule has 0 saturated heterocycles. The summed E-state index contributed by atoms with van der Waals surface area (Å²) in [5, 5.41) is 19.0. The number of thioether (sulfide) groups is 1. The molecule has 0 aliphatic carbocycles. The first-order valence-electron chi connectivity index (χ1n) is 8.08. The van der Waals surface area contributed by atoms with Gasteiger partial charge in [0.25, 0.3) is 5.91 Å². The first-order chi connectivity index (χ1) is 13.7. The lowest BCUT2D eigenvalue weighted by atomic mass is 10.2. The molecule has 0 bridgehead atoms. The molecule has 0 unspecified atom stereocenters. The van der Waals surface area contributed by atoms with Gasteiger partial charge in [-0.05, 0) is 30.3 Å². The van der Waals surface area contributed by atoms with E-state index in [4.69, 9.17) is 4.42 Å². The van der Waals surface area contributed by atoms with Crippen molar-refractivity contribution in [1.29, 1.82) is 0 Å². The summed E-state index contributed by atoms with van der Waals surface area (Å²) in [6.45, 7) is 0. The summed E-state index contributed by atoms with van der Waals surface area (Å²) < 4.78 is 19.5. The lowest BCUT2D eigenvalue weighted by Gasteiger charge is -1.99. The number of carbonyl (C=O) groups is 1. The number of benzene rings is 2. The second-order valence-electron chi connectivity index (χ2n) is 5.49. The number of halogens is 1. The van der Waals surface area contributed by atoms with Crippen molar-refractivity contribution < 1.29 is 13.6 Å². The summed E-state index contributed by atoms with van der Waals surface area (Å²) in [5.74, 6) is 0.400. The first kappa shape index (κ1) is 18.3. The molecule has 2 aromatic carbocycles. The van der Waals surface area contributed by atoms with E-state index in [9.17, 15) is 9.18 Å². The summed E-state index contributed by atoms with van der Waals surface area (Å²) >= 11 is 2.60. The lowest BCUT2D eigenvalue weighted by Crippen LogP contribution is -2.11. The molecule has 0 aliphatic heterocycles. The van der Waals surface area contributed by atoms with Crippen LogP contribution >= 0.6 is 23.1 Å². The molecule has 0 atom stereocenters. The van der Waals surface area contributed by atoms with Crippen molar-refractivity contribution >= 4 is 34.1 Å². The van der Waals surface area contributed by atoms with Gasteiger partial charge < -0.3 is 4.42 Å². The van der Waals surface area contributed by atoms with Crippen molar-refractivity contribution in [2.75, 3.05) is 5.32 Å². The third-order valence-corrected chi connectivity index (χ3v) is 5.48. The number of amides is 1. The van der Waals surface area contributed by atoms with Crippen LogP contribution in [-0.4, -0.2) is 26.3 Å². The molecule has 0 radical (unpaired) electrons. The van der Waals surface area contributed by atoms with Crippen LogP contribution in [0.5, 0.6) is 0 Å². The molecule has 28 heavy (non-hydrogen) atoms. The van der Waals surface area contributed by atoms with Gasteiger partial charge in [-0.3, -0.25) is 10.1 Å². The molecule has 2 aromatic heterocycles. The molecule has 4 rings (SSSR count). The van der Waals surface area contributed by atoms with Crippen molar-refractivity contribution in [2.24, 2.45) is 0 Å². The van der Waals surface area contributed by atoms with Crippen LogP contribution in [0.3, 0.4) is 0 Å². The molecule has 0 fully saturated rings. The van der Waals surface area contributed by atoms with Gasteiger partial charge in [0.15, 0.2) is 4.34 Å². The number of anilines is 1. The highest BCUT2D eigenvalue weighted by Crippen LogP contribution is 2.29. The molecular weight excluding hydrogens is 401 g/mol. The maximum atomic E-state index is 13.3. The first-order valence-corrected chi connectivity index (χ1v) is 9.88. The minimum atomic E-state index is -0.370. The van der Waals surface area contributed by atoms with E-state index in [1.165, 1.54) is 35.2 Å². The minimum Gasteiger partial charge on any atom is -0.420 e. The summed E-state index contributed by atoms with van der Waals surface area (Å²) in [7, 11) is 0. The average Bonchev–Trinajstić information content (AvgIpc) is 3.36. The Morgan fingerprint density at radius 1 is 1.07 bits per heavy atom. The molecule has 1 amide bonds. The number of hydrogen-bond donors (Lipinski definition) is 1. The fourth-order valence-corrected chi connectivity index (χ4v) is 3.83. The Hall–Kier alpha value is -3.11. The summed E-state index contributed by atoms with van der Waals surface area (Å²) in [4.78, 5) is 12.1. The minimum absolute atomic E-state index is 0.245. The number of hydrogen-bond acceptors (Lipinski definition) is 8. The SMILES string of the molecule is O=C(Nc1nnc(SCc2nnc(-c3cccc(F)c3)o2)s1)c1ccccc1. The normalized spacial score (nSPS) is 10.8.